The largest absolute Gasteiger partial charge is 0.453 e. The third kappa shape index (κ3) is 4.08. The van der Waals surface area contributed by atoms with Crippen molar-refractivity contribution in [2.75, 3.05) is 26.7 Å². The molecular formula is C22H24F4N2O4S. The van der Waals surface area contributed by atoms with E-state index in [0.717, 1.165) is 35.7 Å². The zero-order chi connectivity index (χ0) is 24.6. The number of alkyl carbamates (subject to hydrolysis) is 1. The number of halogens is 4. The van der Waals surface area contributed by atoms with Crippen molar-refractivity contribution in [3.63, 3.8) is 0 Å². The number of hydrogen-bond acceptors (Lipinski definition) is 4. The molecule has 11 heteroatoms. The summed E-state index contributed by atoms with van der Waals surface area (Å²) >= 11 is 0. The molecule has 2 aromatic rings. The maximum Gasteiger partial charge on any atom is 0.406 e. The Morgan fingerprint density at radius 1 is 1.00 bits per heavy atom. The van der Waals surface area contributed by atoms with Crippen molar-refractivity contribution in [3.05, 3.63) is 64.7 Å². The molecule has 0 aliphatic heterocycles. The summed E-state index contributed by atoms with van der Waals surface area (Å²) in [7, 11) is -2.96. The Morgan fingerprint density at radius 2 is 1.58 bits per heavy atom. The highest BCUT2D eigenvalue weighted by Crippen LogP contribution is 2.56. The van der Waals surface area contributed by atoms with E-state index in [4.69, 9.17) is 0 Å². The second kappa shape index (κ2) is 8.94. The van der Waals surface area contributed by atoms with Gasteiger partial charge in [0, 0.05) is 36.7 Å². The number of methoxy groups -OCH3 is 1. The Labute approximate surface area is 189 Å². The molecule has 1 amide bonds. The van der Waals surface area contributed by atoms with Crippen LogP contribution in [0.5, 0.6) is 0 Å². The number of ether oxygens (including phenoxy) is 1. The van der Waals surface area contributed by atoms with Crippen molar-refractivity contribution in [2.24, 2.45) is 0 Å². The maximum atomic E-state index is 15.2. The SMILES string of the molecule is CCN(CC)S(=O)(=O)c1ccc2c(c1)C(CNC(=O)OC)c1ccccc1C(F)(F)C2(F)F. The normalized spacial score (nSPS) is 18.7. The van der Waals surface area contributed by atoms with Crippen molar-refractivity contribution in [1.82, 2.24) is 9.62 Å². The predicted octanol–water partition coefficient (Wildman–Crippen LogP) is 4.40. The number of hydrogen-bond donors (Lipinski definition) is 1. The number of carbonyl (C=O) groups is 1. The Morgan fingerprint density at radius 3 is 2.15 bits per heavy atom. The van der Waals surface area contributed by atoms with Gasteiger partial charge in [0.1, 0.15) is 0 Å². The van der Waals surface area contributed by atoms with Gasteiger partial charge in [-0.15, -0.1) is 0 Å². The lowest BCUT2D eigenvalue weighted by Gasteiger charge is -2.27. The molecule has 0 radical (unpaired) electrons. The van der Waals surface area contributed by atoms with Gasteiger partial charge in [-0.05, 0) is 23.3 Å². The van der Waals surface area contributed by atoms with Crippen LogP contribution < -0.4 is 5.32 Å². The first-order chi connectivity index (χ1) is 15.4. The minimum absolute atomic E-state index is 0.139. The molecule has 0 saturated heterocycles. The number of fused-ring (bicyclic) bond motifs is 2. The molecule has 0 fully saturated rings. The summed E-state index contributed by atoms with van der Waals surface area (Å²) in [6.45, 7) is 3.16. The molecule has 0 saturated carbocycles. The Bertz CT molecular complexity index is 1150. The van der Waals surface area contributed by atoms with Gasteiger partial charge in [-0.2, -0.15) is 21.9 Å². The molecule has 33 heavy (non-hydrogen) atoms. The molecule has 3 rings (SSSR count). The van der Waals surface area contributed by atoms with Crippen LogP contribution in [0, 0.1) is 0 Å². The van der Waals surface area contributed by atoms with Crippen LogP contribution in [0.3, 0.4) is 0 Å². The molecule has 0 spiro atoms. The van der Waals surface area contributed by atoms with Gasteiger partial charge in [-0.1, -0.05) is 44.2 Å². The van der Waals surface area contributed by atoms with E-state index in [1.165, 1.54) is 18.2 Å². The number of benzene rings is 2. The van der Waals surface area contributed by atoms with Crippen LogP contribution in [-0.4, -0.2) is 45.6 Å². The van der Waals surface area contributed by atoms with Gasteiger partial charge in [-0.3, -0.25) is 0 Å². The van der Waals surface area contributed by atoms with Gasteiger partial charge in [0.25, 0.3) is 0 Å². The Hall–Kier alpha value is -2.66. The van der Waals surface area contributed by atoms with E-state index in [2.05, 4.69) is 10.1 Å². The van der Waals surface area contributed by atoms with Crippen LogP contribution >= 0.6 is 0 Å². The van der Waals surface area contributed by atoms with Crippen LogP contribution in [0.15, 0.2) is 47.4 Å². The first-order valence-electron chi connectivity index (χ1n) is 10.2. The third-order valence-electron chi connectivity index (χ3n) is 5.78. The summed E-state index contributed by atoms with van der Waals surface area (Å²) in [5.41, 5.74) is -2.35. The molecule has 1 N–H and O–H groups in total. The van der Waals surface area contributed by atoms with E-state index in [0.29, 0.717) is 0 Å². The zero-order valence-electron chi connectivity index (χ0n) is 18.2. The second-order valence-electron chi connectivity index (χ2n) is 7.50. The first-order valence-corrected chi connectivity index (χ1v) is 11.7. The average molecular weight is 489 g/mol. The van der Waals surface area contributed by atoms with Crippen LogP contribution in [0.4, 0.5) is 22.4 Å². The molecule has 1 aliphatic rings. The smallest absolute Gasteiger partial charge is 0.406 e. The molecule has 0 bridgehead atoms. The standard InChI is InChI=1S/C22H24F4N2O4S/c1-4-28(5-2)33(30,31)14-10-11-19-16(12-14)17(13-27-20(29)32-3)15-8-6-7-9-18(15)21(23,24)22(19,25)26/h6-12,17H,4-5,13H2,1-3H3,(H,27,29). The Kier molecular flexibility index (Phi) is 6.77. The molecule has 180 valence electrons. The van der Waals surface area contributed by atoms with E-state index < -0.39 is 45.0 Å². The predicted molar refractivity (Wildman–Crippen MR) is 113 cm³/mol. The number of alkyl halides is 4. The van der Waals surface area contributed by atoms with Crippen LogP contribution in [0.1, 0.15) is 42.0 Å². The molecule has 6 nitrogen and oxygen atoms in total. The number of sulfonamides is 1. The number of nitrogens with zero attached hydrogens (tertiary/aromatic N) is 1. The highest BCUT2D eigenvalue weighted by Gasteiger charge is 2.62. The van der Waals surface area contributed by atoms with Crippen molar-refractivity contribution >= 4 is 16.1 Å². The lowest BCUT2D eigenvalue weighted by Crippen LogP contribution is -2.35. The third-order valence-corrected chi connectivity index (χ3v) is 7.83. The zero-order valence-corrected chi connectivity index (χ0v) is 19.1. The summed E-state index contributed by atoms with van der Waals surface area (Å²) < 4.78 is 92.5. The van der Waals surface area contributed by atoms with E-state index in [1.807, 2.05) is 0 Å². The van der Waals surface area contributed by atoms with Crippen LogP contribution in [0.2, 0.25) is 0 Å². The summed E-state index contributed by atoms with van der Waals surface area (Å²) in [5.74, 6) is -10.4. The van der Waals surface area contributed by atoms with E-state index >= 15 is 17.6 Å². The van der Waals surface area contributed by atoms with Crippen molar-refractivity contribution < 1.29 is 35.5 Å². The lowest BCUT2D eigenvalue weighted by molar-refractivity contribution is -0.223. The van der Waals surface area contributed by atoms with E-state index in [1.54, 1.807) is 13.8 Å². The number of carbonyl (C=O) groups excluding carboxylic acids is 1. The molecule has 1 aliphatic carbocycles. The van der Waals surface area contributed by atoms with Gasteiger partial charge in [0.05, 0.1) is 12.0 Å². The molecule has 2 aromatic carbocycles. The number of nitrogens with one attached hydrogen (secondary N) is 1. The minimum Gasteiger partial charge on any atom is -0.453 e. The Balaban J connectivity index is 2.32. The molecule has 0 aromatic heterocycles. The molecular weight excluding hydrogens is 464 g/mol. The van der Waals surface area contributed by atoms with Crippen LogP contribution in [0.25, 0.3) is 0 Å². The van der Waals surface area contributed by atoms with Gasteiger partial charge in [-0.25, -0.2) is 13.2 Å². The summed E-state index contributed by atoms with van der Waals surface area (Å²) in [5, 5.41) is 2.36. The summed E-state index contributed by atoms with van der Waals surface area (Å²) in [6, 6.07) is 7.46. The highest BCUT2D eigenvalue weighted by atomic mass is 32.2. The fourth-order valence-corrected chi connectivity index (χ4v) is 5.55. The fraction of sp³-hybridized carbons (Fsp3) is 0.409. The fourth-order valence-electron chi connectivity index (χ4n) is 4.06. The quantitative estimate of drug-likeness (QED) is 0.612. The molecule has 1 atom stereocenters. The molecule has 1 unspecified atom stereocenters. The van der Waals surface area contributed by atoms with Crippen molar-refractivity contribution in [1.29, 1.82) is 0 Å². The van der Waals surface area contributed by atoms with E-state index in [-0.39, 0.29) is 35.7 Å². The van der Waals surface area contributed by atoms with Gasteiger partial charge >= 0.3 is 17.9 Å². The summed E-state index contributed by atoms with van der Waals surface area (Å²) in [4.78, 5) is 11.4. The maximum absolute atomic E-state index is 15.2. The van der Waals surface area contributed by atoms with Crippen molar-refractivity contribution in [3.8, 4) is 0 Å². The highest BCUT2D eigenvalue weighted by molar-refractivity contribution is 7.89. The monoisotopic (exact) mass is 488 g/mol. The summed E-state index contributed by atoms with van der Waals surface area (Å²) in [6.07, 6.45) is -0.885. The lowest BCUT2D eigenvalue weighted by atomic mass is 9.88. The van der Waals surface area contributed by atoms with Crippen molar-refractivity contribution in [2.45, 2.75) is 36.5 Å². The van der Waals surface area contributed by atoms with Gasteiger partial charge in [0.15, 0.2) is 0 Å². The minimum atomic E-state index is -4.63. The van der Waals surface area contributed by atoms with E-state index in [9.17, 15) is 13.2 Å². The van der Waals surface area contributed by atoms with Gasteiger partial charge in [0.2, 0.25) is 10.0 Å². The molecule has 0 heterocycles. The number of rotatable bonds is 6. The average Bonchev–Trinajstić information content (AvgIpc) is 2.84. The first kappa shape index (κ1) is 25.0. The van der Waals surface area contributed by atoms with Crippen LogP contribution in [-0.2, 0) is 26.6 Å². The second-order valence-corrected chi connectivity index (χ2v) is 9.44. The number of amides is 1. The van der Waals surface area contributed by atoms with Gasteiger partial charge < -0.3 is 10.1 Å². The topological polar surface area (TPSA) is 75.7 Å².